The molecule has 1 aliphatic heterocycles. The van der Waals surface area contributed by atoms with Crippen LogP contribution >= 0.6 is 0 Å². The van der Waals surface area contributed by atoms with Gasteiger partial charge in [-0.05, 0) is 53.8 Å². The fourth-order valence-corrected chi connectivity index (χ4v) is 2.48. The number of hydrogen-bond acceptors (Lipinski definition) is 5. The fraction of sp³-hybridized carbons (Fsp3) is 0.300. The number of ether oxygens (including phenoxy) is 3. The van der Waals surface area contributed by atoms with Gasteiger partial charge in [0.25, 0.3) is 5.91 Å². The summed E-state index contributed by atoms with van der Waals surface area (Å²) in [6, 6.07) is 13.2. The van der Waals surface area contributed by atoms with Crippen molar-refractivity contribution in [3.63, 3.8) is 0 Å². The monoisotopic (exact) mass is 354 g/mol. The average molecular weight is 354 g/mol. The van der Waals surface area contributed by atoms with Gasteiger partial charge in [0.15, 0.2) is 18.1 Å². The molecule has 2 aromatic rings. The molecule has 1 aliphatic rings. The maximum atomic E-state index is 11.8. The van der Waals surface area contributed by atoms with E-state index in [0.29, 0.717) is 23.2 Å². The standard InChI is InChI=1S/C20H22N2O4/c1-3-14(2)16-5-7-17(8-6-16)24-12-20(23)22-21-11-15-4-9-18-19(10-15)26-13-25-18/h4-11,14H,3,12-13H2,1-2H3,(H,22,23)/b21-11-/t14-/m0/s1. The van der Waals surface area contributed by atoms with E-state index in [1.807, 2.05) is 30.3 Å². The first-order chi connectivity index (χ1) is 12.7. The number of fused-ring (bicyclic) bond motifs is 1. The molecule has 1 N–H and O–H groups in total. The maximum absolute atomic E-state index is 11.8. The van der Waals surface area contributed by atoms with Crippen molar-refractivity contribution < 1.29 is 19.0 Å². The Balaban J connectivity index is 1.45. The van der Waals surface area contributed by atoms with Crippen LogP contribution in [0.25, 0.3) is 0 Å². The van der Waals surface area contributed by atoms with Gasteiger partial charge in [0.05, 0.1) is 6.21 Å². The molecule has 0 aliphatic carbocycles. The minimum atomic E-state index is -0.326. The van der Waals surface area contributed by atoms with Gasteiger partial charge in [-0.15, -0.1) is 0 Å². The highest BCUT2D eigenvalue weighted by atomic mass is 16.7. The van der Waals surface area contributed by atoms with E-state index in [2.05, 4.69) is 24.4 Å². The topological polar surface area (TPSA) is 69.2 Å². The van der Waals surface area contributed by atoms with E-state index in [1.165, 1.54) is 5.56 Å². The SMILES string of the molecule is CC[C@H](C)c1ccc(OCC(=O)N/N=C\c2ccc3c(c2)OCO3)cc1. The third-order valence-corrected chi connectivity index (χ3v) is 4.23. The molecule has 1 atom stereocenters. The summed E-state index contributed by atoms with van der Waals surface area (Å²) in [5.74, 6) is 2.22. The lowest BCUT2D eigenvalue weighted by atomic mass is 9.99. The van der Waals surface area contributed by atoms with Crippen molar-refractivity contribution >= 4 is 12.1 Å². The van der Waals surface area contributed by atoms with Crippen LogP contribution in [0.15, 0.2) is 47.6 Å². The second-order valence-electron chi connectivity index (χ2n) is 6.07. The van der Waals surface area contributed by atoms with Gasteiger partial charge >= 0.3 is 0 Å². The molecule has 0 saturated carbocycles. The molecule has 26 heavy (non-hydrogen) atoms. The summed E-state index contributed by atoms with van der Waals surface area (Å²) in [6.07, 6.45) is 2.63. The van der Waals surface area contributed by atoms with Crippen LogP contribution < -0.4 is 19.6 Å². The lowest BCUT2D eigenvalue weighted by Gasteiger charge is -2.10. The molecule has 0 unspecified atom stereocenters. The van der Waals surface area contributed by atoms with E-state index in [4.69, 9.17) is 14.2 Å². The Morgan fingerprint density at radius 3 is 2.77 bits per heavy atom. The Bertz CT molecular complexity index is 787. The first-order valence-electron chi connectivity index (χ1n) is 8.60. The normalized spacial score (nSPS) is 13.6. The molecule has 0 saturated heterocycles. The molecule has 0 fully saturated rings. The molecule has 3 rings (SSSR count). The summed E-state index contributed by atoms with van der Waals surface area (Å²) >= 11 is 0. The van der Waals surface area contributed by atoms with Crippen LogP contribution in [0.2, 0.25) is 0 Å². The zero-order valence-corrected chi connectivity index (χ0v) is 14.9. The summed E-state index contributed by atoms with van der Waals surface area (Å²) in [4.78, 5) is 11.8. The van der Waals surface area contributed by atoms with E-state index in [9.17, 15) is 4.79 Å². The Morgan fingerprint density at radius 1 is 1.23 bits per heavy atom. The molecule has 1 amide bonds. The summed E-state index contributed by atoms with van der Waals surface area (Å²) < 4.78 is 16.0. The zero-order valence-electron chi connectivity index (χ0n) is 14.9. The molecule has 0 spiro atoms. The van der Waals surface area contributed by atoms with E-state index < -0.39 is 0 Å². The highest BCUT2D eigenvalue weighted by Crippen LogP contribution is 2.31. The van der Waals surface area contributed by atoms with E-state index in [-0.39, 0.29) is 19.3 Å². The van der Waals surface area contributed by atoms with Crippen molar-refractivity contribution in [1.82, 2.24) is 5.43 Å². The van der Waals surface area contributed by atoms with Gasteiger partial charge in [0.1, 0.15) is 5.75 Å². The Morgan fingerprint density at radius 2 is 2.00 bits per heavy atom. The van der Waals surface area contributed by atoms with Crippen molar-refractivity contribution in [2.75, 3.05) is 13.4 Å². The third kappa shape index (κ3) is 4.53. The van der Waals surface area contributed by atoms with Crippen LogP contribution in [0.1, 0.15) is 37.3 Å². The molecule has 0 aromatic heterocycles. The van der Waals surface area contributed by atoms with Crippen LogP contribution in [0, 0.1) is 0 Å². The number of nitrogens with one attached hydrogen (secondary N) is 1. The highest BCUT2D eigenvalue weighted by Gasteiger charge is 2.12. The molecule has 0 bridgehead atoms. The van der Waals surface area contributed by atoms with Gasteiger partial charge < -0.3 is 14.2 Å². The molecular weight excluding hydrogens is 332 g/mol. The van der Waals surface area contributed by atoms with Crippen molar-refractivity contribution in [3.8, 4) is 17.2 Å². The third-order valence-electron chi connectivity index (χ3n) is 4.23. The molecule has 0 radical (unpaired) electrons. The lowest BCUT2D eigenvalue weighted by molar-refractivity contribution is -0.123. The van der Waals surface area contributed by atoms with Gasteiger partial charge in [-0.2, -0.15) is 5.10 Å². The number of carbonyl (C=O) groups is 1. The van der Waals surface area contributed by atoms with E-state index >= 15 is 0 Å². The second kappa shape index (κ2) is 8.38. The lowest BCUT2D eigenvalue weighted by Crippen LogP contribution is -2.24. The maximum Gasteiger partial charge on any atom is 0.277 e. The van der Waals surface area contributed by atoms with Crippen LogP contribution in [-0.4, -0.2) is 25.5 Å². The smallest absolute Gasteiger partial charge is 0.277 e. The number of carbonyl (C=O) groups excluding carboxylic acids is 1. The zero-order chi connectivity index (χ0) is 18.4. The Hall–Kier alpha value is -3.02. The summed E-state index contributed by atoms with van der Waals surface area (Å²) in [7, 11) is 0. The average Bonchev–Trinajstić information content (AvgIpc) is 3.14. The molecule has 136 valence electrons. The van der Waals surface area contributed by atoms with Crippen molar-refractivity contribution in [3.05, 3.63) is 53.6 Å². The number of amides is 1. The summed E-state index contributed by atoms with van der Waals surface area (Å²) in [6.45, 7) is 4.47. The predicted octanol–water partition coefficient (Wildman–Crippen LogP) is 3.46. The predicted molar refractivity (Wildman–Crippen MR) is 98.9 cm³/mol. The van der Waals surface area contributed by atoms with Crippen LogP contribution in [0.5, 0.6) is 17.2 Å². The fourth-order valence-electron chi connectivity index (χ4n) is 2.48. The van der Waals surface area contributed by atoms with Gasteiger partial charge in [0.2, 0.25) is 6.79 Å². The number of hydrazone groups is 1. The first-order valence-corrected chi connectivity index (χ1v) is 8.60. The second-order valence-corrected chi connectivity index (χ2v) is 6.07. The minimum Gasteiger partial charge on any atom is -0.484 e. The van der Waals surface area contributed by atoms with E-state index in [1.54, 1.807) is 18.3 Å². The van der Waals surface area contributed by atoms with Gasteiger partial charge in [-0.1, -0.05) is 26.0 Å². The number of benzene rings is 2. The van der Waals surface area contributed by atoms with Crippen LogP contribution in [-0.2, 0) is 4.79 Å². The molecule has 1 heterocycles. The number of rotatable bonds is 7. The van der Waals surface area contributed by atoms with Crippen LogP contribution in [0.4, 0.5) is 0 Å². The number of hydrogen-bond donors (Lipinski definition) is 1. The van der Waals surface area contributed by atoms with E-state index in [0.717, 1.165) is 12.0 Å². The largest absolute Gasteiger partial charge is 0.484 e. The highest BCUT2D eigenvalue weighted by molar-refractivity contribution is 5.83. The molecule has 6 nitrogen and oxygen atoms in total. The van der Waals surface area contributed by atoms with Crippen molar-refractivity contribution in [1.29, 1.82) is 0 Å². The first kappa shape index (κ1) is 17.8. The minimum absolute atomic E-state index is 0.0961. The molecular formula is C20H22N2O4. The quantitative estimate of drug-likeness (QED) is 0.611. The number of nitrogens with zero attached hydrogens (tertiary/aromatic N) is 1. The van der Waals surface area contributed by atoms with Gasteiger partial charge in [-0.25, -0.2) is 5.43 Å². The van der Waals surface area contributed by atoms with Gasteiger partial charge in [-0.3, -0.25) is 4.79 Å². The van der Waals surface area contributed by atoms with Crippen molar-refractivity contribution in [2.45, 2.75) is 26.2 Å². The summed E-state index contributed by atoms with van der Waals surface area (Å²) in [5.41, 5.74) is 4.50. The van der Waals surface area contributed by atoms with Gasteiger partial charge in [0, 0.05) is 0 Å². The van der Waals surface area contributed by atoms with Crippen molar-refractivity contribution in [2.24, 2.45) is 5.10 Å². The Kier molecular flexibility index (Phi) is 5.73. The molecule has 2 aromatic carbocycles. The Labute approximate surface area is 152 Å². The van der Waals surface area contributed by atoms with Crippen LogP contribution in [0.3, 0.4) is 0 Å². The molecule has 6 heteroatoms. The summed E-state index contributed by atoms with van der Waals surface area (Å²) in [5, 5.41) is 3.93.